The monoisotopic (exact) mass is 168 g/mol. The Morgan fingerprint density at radius 1 is 1.64 bits per heavy atom. The maximum absolute atomic E-state index is 5.63. The summed E-state index contributed by atoms with van der Waals surface area (Å²) >= 11 is 1.65. The van der Waals surface area contributed by atoms with Crippen molar-refractivity contribution in [3.05, 3.63) is 10.6 Å². The van der Waals surface area contributed by atoms with Crippen LogP contribution in [0, 0.1) is 0 Å². The molecule has 3 heteroatoms. The van der Waals surface area contributed by atoms with E-state index in [1.54, 1.807) is 11.3 Å². The molecule has 0 atom stereocenters. The standard InChI is InChI=1S/C8H12N2S/c1-2-6-7(5-3-4-5)10-8(9)11-6/h5H,2-4H2,1H3,(H2,9,10). The van der Waals surface area contributed by atoms with Gasteiger partial charge in [0, 0.05) is 10.8 Å². The van der Waals surface area contributed by atoms with Gasteiger partial charge in [-0.2, -0.15) is 0 Å². The van der Waals surface area contributed by atoms with E-state index < -0.39 is 0 Å². The lowest BCUT2D eigenvalue weighted by Crippen LogP contribution is -1.86. The molecule has 2 nitrogen and oxygen atoms in total. The second-order valence-corrected chi connectivity index (χ2v) is 4.10. The lowest BCUT2D eigenvalue weighted by atomic mass is 10.2. The molecule has 1 fully saturated rings. The third-order valence-electron chi connectivity index (χ3n) is 2.03. The van der Waals surface area contributed by atoms with E-state index in [1.807, 2.05) is 0 Å². The minimum Gasteiger partial charge on any atom is -0.375 e. The SMILES string of the molecule is CCc1sc(N)nc1C1CC1. The minimum atomic E-state index is 0.740. The van der Waals surface area contributed by atoms with Crippen molar-refractivity contribution in [2.24, 2.45) is 0 Å². The molecule has 1 aromatic heterocycles. The molecule has 1 saturated carbocycles. The fourth-order valence-corrected chi connectivity index (χ4v) is 2.17. The second-order valence-electron chi connectivity index (χ2n) is 2.99. The third-order valence-corrected chi connectivity index (χ3v) is 3.07. The molecule has 2 rings (SSSR count). The zero-order chi connectivity index (χ0) is 7.84. The number of nitrogens with zero attached hydrogens (tertiary/aromatic N) is 1. The van der Waals surface area contributed by atoms with Crippen LogP contribution in [0.1, 0.15) is 36.3 Å². The predicted octanol–water partition coefficient (Wildman–Crippen LogP) is 2.17. The van der Waals surface area contributed by atoms with E-state index in [0.717, 1.165) is 17.5 Å². The van der Waals surface area contributed by atoms with E-state index in [1.165, 1.54) is 23.4 Å². The summed E-state index contributed by atoms with van der Waals surface area (Å²) < 4.78 is 0. The number of anilines is 1. The zero-order valence-electron chi connectivity index (χ0n) is 6.63. The molecule has 2 N–H and O–H groups in total. The van der Waals surface area contributed by atoms with Crippen LogP contribution in [0.25, 0.3) is 0 Å². The van der Waals surface area contributed by atoms with Crippen molar-refractivity contribution in [1.82, 2.24) is 4.98 Å². The van der Waals surface area contributed by atoms with E-state index in [4.69, 9.17) is 5.73 Å². The molecular formula is C8H12N2S. The van der Waals surface area contributed by atoms with Crippen LogP contribution in [0.15, 0.2) is 0 Å². The average Bonchev–Trinajstić information content (AvgIpc) is 2.75. The van der Waals surface area contributed by atoms with Gasteiger partial charge >= 0.3 is 0 Å². The molecular weight excluding hydrogens is 156 g/mol. The van der Waals surface area contributed by atoms with Crippen molar-refractivity contribution < 1.29 is 0 Å². The molecule has 0 saturated heterocycles. The van der Waals surface area contributed by atoms with Crippen LogP contribution in [0.4, 0.5) is 5.13 Å². The number of hydrogen-bond donors (Lipinski definition) is 1. The van der Waals surface area contributed by atoms with Crippen LogP contribution >= 0.6 is 11.3 Å². The first-order valence-electron chi connectivity index (χ1n) is 4.06. The molecule has 0 bridgehead atoms. The van der Waals surface area contributed by atoms with Crippen molar-refractivity contribution in [1.29, 1.82) is 0 Å². The molecule has 1 aliphatic carbocycles. The maximum atomic E-state index is 5.63. The van der Waals surface area contributed by atoms with Crippen molar-refractivity contribution in [3.63, 3.8) is 0 Å². The Kier molecular flexibility index (Phi) is 1.60. The number of aryl methyl sites for hydroxylation is 1. The molecule has 0 unspecified atom stereocenters. The number of rotatable bonds is 2. The molecule has 11 heavy (non-hydrogen) atoms. The topological polar surface area (TPSA) is 38.9 Å². The summed E-state index contributed by atoms with van der Waals surface area (Å²) in [5.74, 6) is 0.749. The fraction of sp³-hybridized carbons (Fsp3) is 0.625. The number of nitrogens with two attached hydrogens (primary N) is 1. The molecule has 1 aliphatic rings. The van der Waals surface area contributed by atoms with Gasteiger partial charge in [-0.15, -0.1) is 11.3 Å². The van der Waals surface area contributed by atoms with Crippen LogP contribution in [0.2, 0.25) is 0 Å². The highest BCUT2D eigenvalue weighted by atomic mass is 32.1. The van der Waals surface area contributed by atoms with E-state index in [9.17, 15) is 0 Å². The van der Waals surface area contributed by atoms with Crippen LogP contribution in [-0.2, 0) is 6.42 Å². The lowest BCUT2D eigenvalue weighted by molar-refractivity contribution is 0.999. The van der Waals surface area contributed by atoms with Crippen molar-refractivity contribution in [3.8, 4) is 0 Å². The quantitative estimate of drug-likeness (QED) is 0.735. The summed E-state index contributed by atoms with van der Waals surface area (Å²) in [5, 5.41) is 0.740. The average molecular weight is 168 g/mol. The molecule has 1 heterocycles. The van der Waals surface area contributed by atoms with Crippen LogP contribution in [0.3, 0.4) is 0 Å². The summed E-state index contributed by atoms with van der Waals surface area (Å²) in [6.45, 7) is 2.17. The smallest absolute Gasteiger partial charge is 0.180 e. The van der Waals surface area contributed by atoms with Crippen LogP contribution in [0.5, 0.6) is 0 Å². The Balaban J connectivity index is 2.34. The number of hydrogen-bond acceptors (Lipinski definition) is 3. The van der Waals surface area contributed by atoms with Gasteiger partial charge in [-0.3, -0.25) is 0 Å². The molecule has 0 aliphatic heterocycles. The normalized spacial score (nSPS) is 17.2. The molecule has 0 aromatic carbocycles. The van der Waals surface area contributed by atoms with E-state index in [2.05, 4.69) is 11.9 Å². The van der Waals surface area contributed by atoms with Crippen molar-refractivity contribution in [2.45, 2.75) is 32.1 Å². The predicted molar refractivity (Wildman–Crippen MR) is 47.9 cm³/mol. The molecule has 60 valence electrons. The first-order valence-corrected chi connectivity index (χ1v) is 4.88. The Morgan fingerprint density at radius 3 is 2.91 bits per heavy atom. The lowest BCUT2D eigenvalue weighted by Gasteiger charge is -1.92. The Hall–Kier alpha value is -0.570. The highest BCUT2D eigenvalue weighted by Crippen LogP contribution is 2.43. The highest BCUT2D eigenvalue weighted by Gasteiger charge is 2.28. The van der Waals surface area contributed by atoms with Gasteiger partial charge in [0.1, 0.15) is 0 Å². The third kappa shape index (κ3) is 1.25. The number of aromatic nitrogens is 1. The Bertz CT molecular complexity index is 263. The summed E-state index contributed by atoms with van der Waals surface area (Å²) in [4.78, 5) is 5.73. The summed E-state index contributed by atoms with van der Waals surface area (Å²) in [7, 11) is 0. The fourth-order valence-electron chi connectivity index (χ4n) is 1.31. The van der Waals surface area contributed by atoms with Gasteiger partial charge in [-0.25, -0.2) is 4.98 Å². The van der Waals surface area contributed by atoms with Gasteiger partial charge in [0.2, 0.25) is 0 Å². The van der Waals surface area contributed by atoms with Gasteiger partial charge < -0.3 is 5.73 Å². The zero-order valence-corrected chi connectivity index (χ0v) is 7.45. The highest BCUT2D eigenvalue weighted by molar-refractivity contribution is 7.15. The van der Waals surface area contributed by atoms with E-state index >= 15 is 0 Å². The van der Waals surface area contributed by atoms with Gasteiger partial charge in [0.15, 0.2) is 5.13 Å². The maximum Gasteiger partial charge on any atom is 0.180 e. The molecule has 1 aromatic rings. The largest absolute Gasteiger partial charge is 0.375 e. The summed E-state index contributed by atoms with van der Waals surface area (Å²) in [5.41, 5.74) is 6.92. The Labute approximate surface area is 70.5 Å². The first kappa shape index (κ1) is 7.10. The first-order chi connectivity index (χ1) is 5.31. The van der Waals surface area contributed by atoms with Crippen LogP contribution < -0.4 is 5.73 Å². The van der Waals surface area contributed by atoms with Gasteiger partial charge in [-0.1, -0.05) is 6.92 Å². The van der Waals surface area contributed by atoms with Gasteiger partial charge in [0.25, 0.3) is 0 Å². The number of thiazole rings is 1. The van der Waals surface area contributed by atoms with E-state index in [0.29, 0.717) is 0 Å². The van der Waals surface area contributed by atoms with Crippen LogP contribution in [-0.4, -0.2) is 4.98 Å². The number of nitrogen functional groups attached to an aromatic ring is 1. The second kappa shape index (κ2) is 2.48. The van der Waals surface area contributed by atoms with Gasteiger partial charge in [0.05, 0.1) is 5.69 Å². The van der Waals surface area contributed by atoms with Gasteiger partial charge in [-0.05, 0) is 19.3 Å². The Morgan fingerprint density at radius 2 is 2.36 bits per heavy atom. The minimum absolute atomic E-state index is 0.740. The molecule has 0 amide bonds. The molecule has 0 radical (unpaired) electrons. The molecule has 0 spiro atoms. The summed E-state index contributed by atoms with van der Waals surface area (Å²) in [6, 6.07) is 0. The van der Waals surface area contributed by atoms with Crippen molar-refractivity contribution in [2.75, 3.05) is 5.73 Å². The van der Waals surface area contributed by atoms with E-state index in [-0.39, 0.29) is 0 Å². The van der Waals surface area contributed by atoms with Crippen molar-refractivity contribution >= 4 is 16.5 Å². The summed E-state index contributed by atoms with van der Waals surface area (Å²) in [6.07, 6.45) is 3.72.